The molecule has 1 aromatic carbocycles. The number of aliphatic hydroxyl groups excluding tert-OH is 1. The van der Waals surface area contributed by atoms with Crippen molar-refractivity contribution in [3.8, 4) is 0 Å². The topological polar surface area (TPSA) is 179 Å². The number of cyclic esters (lactones) is 1. The van der Waals surface area contributed by atoms with Crippen LogP contribution in [0.25, 0.3) is 0 Å². The van der Waals surface area contributed by atoms with Gasteiger partial charge in [-0.15, -0.1) is 0 Å². The first kappa shape index (κ1) is 43.7. The van der Waals surface area contributed by atoms with Gasteiger partial charge in [-0.3, -0.25) is 34.3 Å². The van der Waals surface area contributed by atoms with Gasteiger partial charge in [-0.25, -0.2) is 9.79 Å². The van der Waals surface area contributed by atoms with Crippen molar-refractivity contribution in [2.45, 2.75) is 96.7 Å². The number of piperazine rings is 1. The lowest BCUT2D eigenvalue weighted by atomic mass is 9.65. The molecule has 7 rings (SSSR count). The highest BCUT2D eigenvalue weighted by Crippen LogP contribution is 2.45. The summed E-state index contributed by atoms with van der Waals surface area (Å²) in [5, 5.41) is 21.2. The van der Waals surface area contributed by atoms with E-state index in [4.69, 9.17) is 9.47 Å². The monoisotopic (exact) mass is 819 g/mol. The number of aliphatic imine (C=N–C) groups is 1. The Morgan fingerprint density at radius 1 is 1.07 bits per heavy atom. The Kier molecular flexibility index (Phi) is 14.1. The average Bonchev–Trinajstić information content (AvgIpc) is 3.65. The molecule has 59 heavy (non-hydrogen) atoms. The minimum absolute atomic E-state index is 0.0854. The van der Waals surface area contributed by atoms with Crippen LogP contribution in [0, 0.1) is 39.7 Å². The van der Waals surface area contributed by atoms with Crippen LogP contribution in [0.2, 0.25) is 0 Å². The van der Waals surface area contributed by atoms with Crippen LogP contribution in [0.3, 0.4) is 0 Å². The number of urea groups is 1. The number of para-hydroxylation sites is 2. The maximum Gasteiger partial charge on any atom is 0.328 e. The van der Waals surface area contributed by atoms with Crippen molar-refractivity contribution in [3.63, 3.8) is 0 Å². The van der Waals surface area contributed by atoms with Gasteiger partial charge in [0.05, 0.1) is 29.7 Å². The van der Waals surface area contributed by atoms with Crippen LogP contribution in [0.15, 0.2) is 53.1 Å². The molecule has 3 amide bonds. The highest BCUT2D eigenvalue weighted by Gasteiger charge is 2.48. The molecule has 6 aliphatic rings. The van der Waals surface area contributed by atoms with Crippen LogP contribution in [0.1, 0.15) is 66.2 Å². The first-order valence-corrected chi connectivity index (χ1v) is 21.2. The Bertz CT molecular complexity index is 1810. The smallest absolute Gasteiger partial charge is 0.328 e. The molecule has 322 valence electrons. The lowest BCUT2D eigenvalue weighted by Crippen LogP contribution is -2.64. The number of carbonyl (C=O) groups excluding carboxylic acids is 4. The van der Waals surface area contributed by atoms with E-state index in [2.05, 4.69) is 42.0 Å². The molecule has 0 aromatic heterocycles. The molecule has 10 atom stereocenters. The number of nitrogens with zero attached hydrogens (tertiary/aromatic N) is 7. The molecule has 1 aromatic rings. The Morgan fingerprint density at radius 3 is 2.49 bits per heavy atom. The summed E-state index contributed by atoms with van der Waals surface area (Å²) >= 11 is 0. The Balaban J connectivity index is 0.000000199. The molecule has 16 nitrogen and oxygen atoms in total. The number of likely N-dealkylation sites (N-methyl/N-ethyl adjacent to an activating group) is 2. The predicted molar refractivity (Wildman–Crippen MR) is 221 cm³/mol. The van der Waals surface area contributed by atoms with Crippen molar-refractivity contribution in [2.75, 3.05) is 58.3 Å². The number of imide groups is 1. The summed E-state index contributed by atoms with van der Waals surface area (Å²) < 4.78 is 11.5. The maximum atomic E-state index is 12.6. The molecular weight excluding hydrogens is 759 g/mol. The minimum atomic E-state index is -0.597. The number of amides is 3. The normalized spacial score (nSPS) is 31.1. The van der Waals surface area contributed by atoms with Gasteiger partial charge in [0.1, 0.15) is 17.9 Å². The second kappa shape index (κ2) is 19.0. The molecule has 3 saturated heterocycles. The summed E-state index contributed by atoms with van der Waals surface area (Å²) in [4.78, 5) is 73.1. The van der Waals surface area contributed by atoms with Crippen LogP contribution in [0.5, 0.6) is 0 Å². The van der Waals surface area contributed by atoms with Crippen molar-refractivity contribution >= 4 is 41.6 Å². The van der Waals surface area contributed by atoms with E-state index < -0.39 is 18.3 Å². The van der Waals surface area contributed by atoms with E-state index in [0.29, 0.717) is 49.5 Å². The number of hydrogen-bond donors (Lipinski definition) is 1. The fraction of sp³-hybridized carbons (Fsp3) is 0.651. The number of allylic oxidation sites excluding steroid dienone is 3. The molecule has 4 aliphatic heterocycles. The quantitative estimate of drug-likeness (QED) is 0.189. The Hall–Kier alpha value is -4.83. The standard InChI is InChI=1S/C24H36O5.C19H25N7O4/c1-5-15(3)24(27)29-21-11-14(2)10-17-7-6-16(4)20(23(17)21)9-8-19-12-18(25)13-22(26)28-19;1-21-17-16(18(27)22(2)19(21)28)25(13-20-17)12-9-23-7-10-24(11-8-23)14-5-3-4-6-15(14)26(29)30/h6-7,10,14-16,18-21,23,25H,5,8-9,11-13H2,1-4H3;3-6,13,16-17H,7-12H2,1-2H3/t14-,15-,16-,18+,19+,20-,21-,23-;/m0./s1. The largest absolute Gasteiger partial charge is 0.462 e. The lowest BCUT2D eigenvalue weighted by Gasteiger charge is -2.43. The third-order valence-corrected chi connectivity index (χ3v) is 13.0. The molecule has 16 heteroatoms. The van der Waals surface area contributed by atoms with Crippen molar-refractivity contribution in [3.05, 3.63) is 58.2 Å². The number of hydrogen-bond acceptors (Lipinski definition) is 13. The second-order valence-corrected chi connectivity index (χ2v) is 17.1. The summed E-state index contributed by atoms with van der Waals surface area (Å²) in [6.45, 7) is 12.6. The number of nitro groups is 1. The fourth-order valence-corrected chi connectivity index (χ4v) is 9.32. The summed E-state index contributed by atoms with van der Waals surface area (Å²) in [7, 11) is 3.15. The van der Waals surface area contributed by atoms with Crippen LogP contribution in [-0.4, -0.2) is 144 Å². The lowest BCUT2D eigenvalue weighted by molar-refractivity contribution is -0.384. The van der Waals surface area contributed by atoms with Gasteiger partial charge in [-0.05, 0) is 55.1 Å². The third-order valence-electron chi connectivity index (χ3n) is 13.0. The van der Waals surface area contributed by atoms with Crippen molar-refractivity contribution < 1.29 is 38.7 Å². The molecule has 0 saturated carbocycles. The molecule has 0 radical (unpaired) electrons. The number of carbonyl (C=O) groups is 4. The molecule has 1 N–H and O–H groups in total. The van der Waals surface area contributed by atoms with E-state index >= 15 is 0 Å². The van der Waals surface area contributed by atoms with Crippen molar-refractivity contribution in [1.82, 2.24) is 19.6 Å². The highest BCUT2D eigenvalue weighted by molar-refractivity contribution is 6.01. The third kappa shape index (κ3) is 9.97. The summed E-state index contributed by atoms with van der Waals surface area (Å²) in [5.41, 5.74) is 2.05. The Morgan fingerprint density at radius 2 is 1.80 bits per heavy atom. The highest BCUT2D eigenvalue weighted by atomic mass is 16.6. The average molecular weight is 820 g/mol. The van der Waals surface area contributed by atoms with E-state index in [9.17, 15) is 34.4 Å². The first-order chi connectivity index (χ1) is 28.2. The predicted octanol–water partition coefficient (Wildman–Crippen LogP) is 4.47. The number of benzene rings is 1. The van der Waals surface area contributed by atoms with Gasteiger partial charge in [-0.2, -0.15) is 0 Å². The van der Waals surface area contributed by atoms with E-state index in [1.165, 1.54) is 23.6 Å². The van der Waals surface area contributed by atoms with Crippen molar-refractivity contribution in [1.29, 1.82) is 0 Å². The number of fused-ring (bicyclic) bond motifs is 2. The van der Waals surface area contributed by atoms with Gasteiger partial charge in [0, 0.05) is 71.8 Å². The van der Waals surface area contributed by atoms with Gasteiger partial charge in [0.25, 0.3) is 11.6 Å². The number of nitro benzene ring substituents is 1. The number of rotatable bonds is 11. The van der Waals surface area contributed by atoms with Crippen LogP contribution >= 0.6 is 0 Å². The van der Waals surface area contributed by atoms with Gasteiger partial charge >= 0.3 is 18.0 Å². The summed E-state index contributed by atoms with van der Waals surface area (Å²) in [6.07, 6.45) is 10.9. The fourth-order valence-electron chi connectivity index (χ4n) is 9.32. The van der Waals surface area contributed by atoms with Gasteiger partial charge in [0.2, 0.25) is 0 Å². The zero-order valence-corrected chi connectivity index (χ0v) is 35.2. The van der Waals surface area contributed by atoms with Crippen molar-refractivity contribution in [2.24, 2.45) is 34.6 Å². The Labute approximate surface area is 347 Å². The van der Waals surface area contributed by atoms with E-state index in [-0.39, 0.29) is 65.0 Å². The summed E-state index contributed by atoms with van der Waals surface area (Å²) in [6, 6.07) is 6.00. The first-order valence-electron chi connectivity index (χ1n) is 21.2. The van der Waals surface area contributed by atoms with Gasteiger partial charge in [-0.1, -0.05) is 58.1 Å². The summed E-state index contributed by atoms with van der Waals surface area (Å²) in [5.74, 6) is 0.520. The van der Waals surface area contributed by atoms with Crippen LogP contribution in [0.4, 0.5) is 16.2 Å². The maximum absolute atomic E-state index is 12.6. The number of esters is 2. The molecular formula is C43H61N7O9. The molecule has 0 bridgehead atoms. The van der Waals surface area contributed by atoms with Crippen LogP contribution in [-0.2, 0) is 23.9 Å². The molecule has 4 heterocycles. The number of anilines is 1. The van der Waals surface area contributed by atoms with E-state index in [1.54, 1.807) is 25.5 Å². The van der Waals surface area contributed by atoms with Gasteiger partial charge < -0.3 is 29.3 Å². The molecule has 2 unspecified atom stereocenters. The second-order valence-electron chi connectivity index (χ2n) is 17.1. The van der Waals surface area contributed by atoms with E-state index in [0.717, 1.165) is 50.2 Å². The van der Waals surface area contributed by atoms with Crippen LogP contribution < -0.4 is 4.90 Å². The molecule has 3 fully saturated rings. The zero-order valence-electron chi connectivity index (χ0n) is 35.2. The van der Waals surface area contributed by atoms with E-state index in [1.807, 2.05) is 29.7 Å². The number of aliphatic hydroxyl groups is 1. The van der Waals surface area contributed by atoms with Gasteiger partial charge in [0.15, 0.2) is 12.2 Å². The SMILES string of the molecule is CC[C@H](C)C(=O)O[C@H]1C[C@@H](C)C=C2C=C[C@H](C)[C@H](CC[C@@H]3C[C@@H](O)CC(=O)O3)[C@H]21.CN1C(=O)C2C(N=CN2CCN2CCN(c3ccccc3[N+](=O)[O-])CC2)N(C)C1=O. The minimum Gasteiger partial charge on any atom is -0.462 e. The molecule has 2 aliphatic carbocycles. The zero-order chi connectivity index (χ0) is 42.5. The number of ether oxygens (including phenoxy) is 2. The molecule has 0 spiro atoms.